The highest BCUT2D eigenvalue weighted by Gasteiger charge is 1.97. The molecule has 1 aromatic rings. The van der Waals surface area contributed by atoms with Gasteiger partial charge in [0.1, 0.15) is 5.82 Å². The van der Waals surface area contributed by atoms with Crippen LogP contribution in [0, 0.1) is 11.9 Å². The predicted molar refractivity (Wildman–Crippen MR) is 33.8 cm³/mol. The van der Waals surface area contributed by atoms with Crippen LogP contribution in [0.4, 0.5) is 4.39 Å². The van der Waals surface area contributed by atoms with Crippen LogP contribution in [-0.2, 0) is 0 Å². The van der Waals surface area contributed by atoms with E-state index >= 15 is 0 Å². The minimum Gasteiger partial charge on any atom is -0.366 e. The molecular formula is C7H5FNO. The molecule has 0 heterocycles. The third-order valence-electron chi connectivity index (χ3n) is 1.06. The van der Waals surface area contributed by atoms with Crippen molar-refractivity contribution in [3.63, 3.8) is 0 Å². The molecule has 2 nitrogen and oxygen atoms in total. The summed E-state index contributed by atoms with van der Waals surface area (Å²) in [4.78, 5) is 10.4. The Hall–Kier alpha value is -1.38. The Bertz CT molecular complexity index is 242. The quantitative estimate of drug-likeness (QED) is 0.610. The number of hydrogen-bond acceptors (Lipinski definition) is 1. The Morgan fingerprint density at radius 1 is 1.60 bits per heavy atom. The van der Waals surface area contributed by atoms with Crippen molar-refractivity contribution in [1.29, 1.82) is 0 Å². The standard InChI is InChI=1S/C7H5FNO/c8-6-3-1-5(2-4-6)7(9)10/h1-3H,(H2,9,10). The topological polar surface area (TPSA) is 43.1 Å². The van der Waals surface area contributed by atoms with Gasteiger partial charge in [-0.3, -0.25) is 4.79 Å². The summed E-state index contributed by atoms with van der Waals surface area (Å²) in [6.45, 7) is 0. The molecule has 10 heavy (non-hydrogen) atoms. The maximum absolute atomic E-state index is 12.1. The molecule has 1 rings (SSSR count). The van der Waals surface area contributed by atoms with Gasteiger partial charge in [0.05, 0.1) is 0 Å². The fourth-order valence-electron chi connectivity index (χ4n) is 0.559. The van der Waals surface area contributed by atoms with E-state index in [-0.39, 0.29) is 5.56 Å². The van der Waals surface area contributed by atoms with E-state index in [0.29, 0.717) is 0 Å². The minimum atomic E-state index is -0.573. The summed E-state index contributed by atoms with van der Waals surface area (Å²) in [6.07, 6.45) is 0. The molecule has 0 bridgehead atoms. The first-order valence-electron chi connectivity index (χ1n) is 2.67. The monoisotopic (exact) mass is 138 g/mol. The molecule has 0 spiro atoms. The number of carbonyl (C=O) groups excluding carboxylic acids is 1. The third-order valence-corrected chi connectivity index (χ3v) is 1.06. The normalized spacial score (nSPS) is 9.30. The Balaban J connectivity index is 3.00. The van der Waals surface area contributed by atoms with Gasteiger partial charge in [0.2, 0.25) is 5.91 Å². The lowest BCUT2D eigenvalue weighted by molar-refractivity contribution is 0.100. The molecule has 0 atom stereocenters. The van der Waals surface area contributed by atoms with Gasteiger partial charge < -0.3 is 5.73 Å². The fourth-order valence-corrected chi connectivity index (χ4v) is 0.559. The molecule has 1 radical (unpaired) electrons. The summed E-state index contributed by atoms with van der Waals surface area (Å²) in [5.41, 5.74) is 5.15. The van der Waals surface area contributed by atoms with E-state index in [1.54, 1.807) is 0 Å². The molecule has 0 aliphatic carbocycles. The SMILES string of the molecule is NC(=O)c1c[c]c(F)cc1. The van der Waals surface area contributed by atoms with E-state index in [9.17, 15) is 9.18 Å². The Morgan fingerprint density at radius 2 is 2.30 bits per heavy atom. The van der Waals surface area contributed by atoms with E-state index in [4.69, 9.17) is 5.73 Å². The van der Waals surface area contributed by atoms with Gasteiger partial charge in [-0.1, -0.05) is 0 Å². The van der Waals surface area contributed by atoms with E-state index < -0.39 is 11.7 Å². The summed E-state index contributed by atoms with van der Waals surface area (Å²) >= 11 is 0. The molecule has 0 saturated heterocycles. The molecule has 0 saturated carbocycles. The number of nitrogens with two attached hydrogens (primary N) is 1. The van der Waals surface area contributed by atoms with Crippen molar-refractivity contribution in [3.05, 3.63) is 35.6 Å². The summed E-state index contributed by atoms with van der Waals surface area (Å²) < 4.78 is 12.1. The average molecular weight is 138 g/mol. The highest BCUT2D eigenvalue weighted by atomic mass is 19.1. The van der Waals surface area contributed by atoms with Crippen LogP contribution in [0.2, 0.25) is 0 Å². The van der Waals surface area contributed by atoms with Gasteiger partial charge in [0.15, 0.2) is 0 Å². The van der Waals surface area contributed by atoms with Gasteiger partial charge >= 0.3 is 0 Å². The van der Waals surface area contributed by atoms with Crippen LogP contribution in [0.5, 0.6) is 0 Å². The maximum atomic E-state index is 12.1. The zero-order valence-corrected chi connectivity index (χ0v) is 5.10. The minimum absolute atomic E-state index is 0.265. The Morgan fingerprint density at radius 3 is 2.70 bits per heavy atom. The molecule has 2 N–H and O–H groups in total. The molecule has 51 valence electrons. The highest BCUT2D eigenvalue weighted by Crippen LogP contribution is 1.99. The molecule has 0 fully saturated rings. The van der Waals surface area contributed by atoms with Gasteiger partial charge in [-0.25, -0.2) is 4.39 Å². The van der Waals surface area contributed by atoms with Crippen molar-refractivity contribution in [2.24, 2.45) is 5.73 Å². The number of carbonyl (C=O) groups is 1. The smallest absolute Gasteiger partial charge is 0.248 e. The number of hydrogen-bond donors (Lipinski definition) is 1. The number of rotatable bonds is 1. The summed E-state index contributed by atoms with van der Waals surface area (Å²) in [5, 5.41) is 0. The molecule has 0 aromatic heterocycles. The van der Waals surface area contributed by atoms with Crippen molar-refractivity contribution in [2.45, 2.75) is 0 Å². The van der Waals surface area contributed by atoms with Gasteiger partial charge in [0.25, 0.3) is 0 Å². The average Bonchev–Trinajstić information content (AvgIpc) is 1.88. The van der Waals surface area contributed by atoms with E-state index in [0.717, 1.165) is 6.07 Å². The zero-order chi connectivity index (χ0) is 7.56. The largest absolute Gasteiger partial charge is 0.366 e. The first-order valence-corrected chi connectivity index (χ1v) is 2.67. The van der Waals surface area contributed by atoms with E-state index in [1.807, 2.05) is 0 Å². The molecule has 1 amide bonds. The first kappa shape index (κ1) is 6.74. The van der Waals surface area contributed by atoms with Crippen LogP contribution in [0.1, 0.15) is 10.4 Å². The van der Waals surface area contributed by atoms with Crippen molar-refractivity contribution in [2.75, 3.05) is 0 Å². The van der Waals surface area contributed by atoms with Crippen LogP contribution >= 0.6 is 0 Å². The maximum Gasteiger partial charge on any atom is 0.248 e. The molecular weight excluding hydrogens is 133 g/mol. The fraction of sp³-hybridized carbons (Fsp3) is 0. The molecule has 0 aliphatic heterocycles. The Labute approximate surface area is 57.5 Å². The van der Waals surface area contributed by atoms with Crippen molar-refractivity contribution in [3.8, 4) is 0 Å². The third kappa shape index (κ3) is 1.31. The zero-order valence-electron chi connectivity index (χ0n) is 5.10. The van der Waals surface area contributed by atoms with Gasteiger partial charge in [0, 0.05) is 11.6 Å². The lowest BCUT2D eigenvalue weighted by atomic mass is 10.2. The second-order valence-electron chi connectivity index (χ2n) is 1.79. The number of halogens is 1. The van der Waals surface area contributed by atoms with Gasteiger partial charge in [-0.15, -0.1) is 0 Å². The first-order chi connectivity index (χ1) is 4.70. The van der Waals surface area contributed by atoms with Crippen molar-refractivity contribution < 1.29 is 9.18 Å². The van der Waals surface area contributed by atoms with Crippen molar-refractivity contribution >= 4 is 5.91 Å². The van der Waals surface area contributed by atoms with E-state index in [1.165, 1.54) is 12.1 Å². The molecule has 0 aliphatic rings. The van der Waals surface area contributed by atoms with Crippen LogP contribution in [0.3, 0.4) is 0 Å². The predicted octanol–water partition coefficient (Wildman–Crippen LogP) is 0.725. The number of benzene rings is 1. The lowest BCUT2D eigenvalue weighted by Gasteiger charge is -1.91. The Kier molecular flexibility index (Phi) is 1.67. The highest BCUT2D eigenvalue weighted by molar-refractivity contribution is 5.92. The van der Waals surface area contributed by atoms with Crippen LogP contribution < -0.4 is 5.73 Å². The summed E-state index contributed by atoms with van der Waals surface area (Å²) in [6, 6.07) is 5.89. The van der Waals surface area contributed by atoms with Gasteiger partial charge in [-0.05, 0) is 18.2 Å². The van der Waals surface area contributed by atoms with Crippen LogP contribution in [-0.4, -0.2) is 5.91 Å². The number of amides is 1. The second-order valence-corrected chi connectivity index (χ2v) is 1.79. The second kappa shape index (κ2) is 2.47. The summed E-state index contributed by atoms with van der Waals surface area (Å²) in [7, 11) is 0. The number of primary amides is 1. The van der Waals surface area contributed by atoms with Gasteiger partial charge in [-0.2, -0.15) is 0 Å². The van der Waals surface area contributed by atoms with Crippen molar-refractivity contribution in [1.82, 2.24) is 0 Å². The van der Waals surface area contributed by atoms with E-state index in [2.05, 4.69) is 6.07 Å². The van der Waals surface area contributed by atoms with Crippen LogP contribution in [0.25, 0.3) is 0 Å². The molecule has 3 heteroatoms. The summed E-state index contributed by atoms with van der Waals surface area (Å²) in [5.74, 6) is -1.07. The lowest BCUT2D eigenvalue weighted by Crippen LogP contribution is -2.10. The molecule has 0 unspecified atom stereocenters. The van der Waals surface area contributed by atoms with Crippen LogP contribution in [0.15, 0.2) is 18.2 Å². The molecule has 1 aromatic carbocycles.